The van der Waals surface area contributed by atoms with Crippen LogP contribution in [0, 0.1) is 0 Å². The van der Waals surface area contributed by atoms with Crippen molar-refractivity contribution in [3.8, 4) is 0 Å². The molecule has 1 aliphatic heterocycles. The predicted octanol–water partition coefficient (Wildman–Crippen LogP) is 2.71. The molecular formula is C15H25N3OS. The molecule has 0 aromatic carbocycles. The summed E-state index contributed by atoms with van der Waals surface area (Å²) in [6, 6.07) is 0. The number of likely N-dealkylation sites (tertiary alicyclic amines) is 1. The first-order valence-electron chi connectivity index (χ1n) is 7.55. The Morgan fingerprint density at radius 3 is 3.05 bits per heavy atom. The highest BCUT2D eigenvalue weighted by Crippen LogP contribution is 2.31. The zero-order chi connectivity index (χ0) is 14.5. The molecule has 0 radical (unpaired) electrons. The molecule has 1 atom stereocenters. The van der Waals surface area contributed by atoms with Crippen LogP contribution in [-0.2, 0) is 4.79 Å². The smallest absolute Gasteiger partial charge is 0.222 e. The zero-order valence-corrected chi connectivity index (χ0v) is 13.3. The van der Waals surface area contributed by atoms with Gasteiger partial charge in [0.15, 0.2) is 0 Å². The predicted molar refractivity (Wildman–Crippen MR) is 83.0 cm³/mol. The van der Waals surface area contributed by atoms with Gasteiger partial charge in [0.05, 0.1) is 10.7 Å². The molecule has 4 nitrogen and oxygen atoms in total. The molecule has 1 aromatic heterocycles. The van der Waals surface area contributed by atoms with Crippen molar-refractivity contribution in [1.82, 2.24) is 9.88 Å². The minimum atomic E-state index is 0.251. The Kier molecular flexibility index (Phi) is 5.54. The molecule has 0 spiro atoms. The Bertz CT molecular complexity index is 444. The van der Waals surface area contributed by atoms with Gasteiger partial charge >= 0.3 is 0 Å². The molecule has 5 heteroatoms. The van der Waals surface area contributed by atoms with E-state index in [9.17, 15) is 4.79 Å². The number of amides is 1. The molecule has 0 saturated carbocycles. The van der Waals surface area contributed by atoms with Crippen molar-refractivity contribution >= 4 is 17.2 Å². The van der Waals surface area contributed by atoms with E-state index >= 15 is 0 Å². The summed E-state index contributed by atoms with van der Waals surface area (Å²) in [4.78, 5) is 18.9. The molecular weight excluding hydrogens is 270 g/mol. The molecule has 2 N–H and O–H groups in total. The highest BCUT2D eigenvalue weighted by atomic mass is 32.1. The minimum absolute atomic E-state index is 0.251. The summed E-state index contributed by atoms with van der Waals surface area (Å²) >= 11 is 1.75. The van der Waals surface area contributed by atoms with E-state index in [0.717, 1.165) is 32.4 Å². The van der Waals surface area contributed by atoms with Crippen molar-refractivity contribution in [3.63, 3.8) is 0 Å². The fourth-order valence-electron chi connectivity index (χ4n) is 2.57. The van der Waals surface area contributed by atoms with Gasteiger partial charge in [-0.25, -0.2) is 4.98 Å². The average molecular weight is 295 g/mol. The molecule has 2 heterocycles. The molecule has 2 rings (SSSR count). The van der Waals surface area contributed by atoms with Gasteiger partial charge < -0.3 is 10.6 Å². The number of nitrogens with zero attached hydrogens (tertiary/aromatic N) is 2. The zero-order valence-electron chi connectivity index (χ0n) is 12.5. The van der Waals surface area contributed by atoms with Gasteiger partial charge in [-0.2, -0.15) is 0 Å². The van der Waals surface area contributed by atoms with Gasteiger partial charge in [0.1, 0.15) is 0 Å². The van der Waals surface area contributed by atoms with Crippen LogP contribution in [0.4, 0.5) is 0 Å². The number of thiazole rings is 1. The van der Waals surface area contributed by atoms with E-state index in [1.807, 2.05) is 4.90 Å². The number of aromatic nitrogens is 1. The third-order valence-corrected chi connectivity index (χ3v) is 4.87. The minimum Gasteiger partial charge on any atom is -0.342 e. The Balaban J connectivity index is 1.97. The molecule has 1 aromatic rings. The lowest BCUT2D eigenvalue weighted by Crippen LogP contribution is -2.39. The highest BCUT2D eigenvalue weighted by molar-refractivity contribution is 7.09. The molecule has 1 aliphatic rings. The first-order valence-corrected chi connectivity index (χ1v) is 8.43. The lowest BCUT2D eigenvalue weighted by molar-refractivity contribution is -0.132. The Hall–Kier alpha value is -0.940. The van der Waals surface area contributed by atoms with Crippen molar-refractivity contribution in [1.29, 1.82) is 0 Å². The lowest BCUT2D eigenvalue weighted by atomic mass is 9.98. The van der Waals surface area contributed by atoms with Gasteiger partial charge in [0.25, 0.3) is 0 Å². The van der Waals surface area contributed by atoms with E-state index in [4.69, 9.17) is 10.7 Å². The van der Waals surface area contributed by atoms with Gasteiger partial charge in [-0.05, 0) is 31.7 Å². The van der Waals surface area contributed by atoms with Crippen molar-refractivity contribution in [2.24, 2.45) is 5.73 Å². The summed E-state index contributed by atoms with van der Waals surface area (Å²) in [7, 11) is 0. The van der Waals surface area contributed by atoms with Crippen LogP contribution in [0.25, 0.3) is 0 Å². The van der Waals surface area contributed by atoms with Gasteiger partial charge in [-0.1, -0.05) is 13.8 Å². The molecule has 20 heavy (non-hydrogen) atoms. The van der Waals surface area contributed by atoms with Crippen LogP contribution in [0.3, 0.4) is 0 Å². The van der Waals surface area contributed by atoms with Crippen LogP contribution < -0.4 is 5.73 Å². The summed E-state index contributed by atoms with van der Waals surface area (Å²) in [5.41, 5.74) is 6.65. The Morgan fingerprint density at radius 1 is 1.60 bits per heavy atom. The summed E-state index contributed by atoms with van der Waals surface area (Å²) in [5, 5.41) is 3.36. The van der Waals surface area contributed by atoms with Gasteiger partial charge in [0.2, 0.25) is 5.91 Å². The summed E-state index contributed by atoms with van der Waals surface area (Å²) in [6.45, 7) is 6.65. The topological polar surface area (TPSA) is 59.2 Å². The van der Waals surface area contributed by atoms with Crippen LogP contribution in [0.5, 0.6) is 0 Å². The van der Waals surface area contributed by atoms with E-state index in [-0.39, 0.29) is 5.91 Å². The molecule has 112 valence electrons. The molecule has 1 unspecified atom stereocenters. The van der Waals surface area contributed by atoms with E-state index in [1.54, 1.807) is 11.3 Å². The van der Waals surface area contributed by atoms with E-state index in [1.165, 1.54) is 10.7 Å². The van der Waals surface area contributed by atoms with Crippen molar-refractivity contribution in [2.75, 3.05) is 19.6 Å². The monoisotopic (exact) mass is 295 g/mol. The number of carbonyl (C=O) groups excluding carboxylic acids is 1. The number of piperidine rings is 1. The van der Waals surface area contributed by atoms with Crippen LogP contribution >= 0.6 is 11.3 Å². The number of nitrogens with two attached hydrogens (primary N) is 1. The number of carbonyl (C=O) groups is 1. The van der Waals surface area contributed by atoms with Gasteiger partial charge in [-0.15, -0.1) is 11.3 Å². The lowest BCUT2D eigenvalue weighted by Gasteiger charge is -2.32. The number of hydrogen-bond donors (Lipinski definition) is 1. The number of rotatable bonds is 5. The summed E-state index contributed by atoms with van der Waals surface area (Å²) in [5.74, 6) is 1.15. The van der Waals surface area contributed by atoms with E-state index in [2.05, 4.69) is 19.2 Å². The summed E-state index contributed by atoms with van der Waals surface area (Å²) in [6.07, 6.45) is 3.59. The third-order valence-electron chi connectivity index (χ3n) is 3.85. The first kappa shape index (κ1) is 15.4. The normalized spacial score (nSPS) is 19.6. The Morgan fingerprint density at radius 2 is 2.40 bits per heavy atom. The van der Waals surface area contributed by atoms with Crippen molar-refractivity contribution in [2.45, 2.75) is 51.4 Å². The molecule has 1 amide bonds. The highest BCUT2D eigenvalue weighted by Gasteiger charge is 2.26. The molecule has 1 fully saturated rings. The molecule has 0 bridgehead atoms. The first-order chi connectivity index (χ1) is 9.61. The number of hydrogen-bond acceptors (Lipinski definition) is 4. The van der Waals surface area contributed by atoms with E-state index < -0.39 is 0 Å². The summed E-state index contributed by atoms with van der Waals surface area (Å²) < 4.78 is 0. The average Bonchev–Trinajstić information content (AvgIpc) is 2.95. The standard InChI is InChI=1S/C15H25N3OS/c1-11(2)13-10-20-15(17-13)12-5-4-8-18(9-12)14(19)6-3-7-16/h10-12H,3-9,16H2,1-2H3. The van der Waals surface area contributed by atoms with Gasteiger partial charge in [0, 0.05) is 30.8 Å². The van der Waals surface area contributed by atoms with E-state index in [0.29, 0.717) is 24.8 Å². The molecule has 1 saturated heterocycles. The third kappa shape index (κ3) is 3.79. The maximum atomic E-state index is 12.1. The van der Waals surface area contributed by atoms with Crippen LogP contribution in [0.1, 0.15) is 62.1 Å². The van der Waals surface area contributed by atoms with Crippen molar-refractivity contribution < 1.29 is 4.79 Å². The van der Waals surface area contributed by atoms with Crippen molar-refractivity contribution in [3.05, 3.63) is 16.1 Å². The second-order valence-electron chi connectivity index (χ2n) is 5.84. The second kappa shape index (κ2) is 7.18. The fraction of sp³-hybridized carbons (Fsp3) is 0.733. The van der Waals surface area contributed by atoms with Gasteiger partial charge in [-0.3, -0.25) is 4.79 Å². The second-order valence-corrected chi connectivity index (χ2v) is 6.73. The fourth-order valence-corrected chi connectivity index (χ4v) is 3.68. The largest absolute Gasteiger partial charge is 0.342 e. The van der Waals surface area contributed by atoms with Crippen LogP contribution in [-0.4, -0.2) is 35.4 Å². The maximum absolute atomic E-state index is 12.1. The SMILES string of the molecule is CC(C)c1csc(C2CCCN(C(=O)CCCN)C2)n1. The maximum Gasteiger partial charge on any atom is 0.222 e. The quantitative estimate of drug-likeness (QED) is 0.908. The van der Waals surface area contributed by atoms with Crippen LogP contribution in [0.15, 0.2) is 5.38 Å². The van der Waals surface area contributed by atoms with Crippen LogP contribution in [0.2, 0.25) is 0 Å². The Labute approximate surface area is 125 Å². The molecule has 0 aliphatic carbocycles.